The number of nitrogens with two attached hydrogens (primary N) is 1. The molecule has 2 atom stereocenters. The second-order valence-electron chi connectivity index (χ2n) is 5.06. The Kier molecular flexibility index (Phi) is 6.26. The number of amides is 3. The molecule has 1 saturated heterocycles. The number of nitrogens with one attached hydrogen (secondary N) is 3. The van der Waals surface area contributed by atoms with Crippen molar-refractivity contribution in [3.05, 3.63) is 29.3 Å². The van der Waals surface area contributed by atoms with Crippen molar-refractivity contribution in [2.24, 2.45) is 5.73 Å². The van der Waals surface area contributed by atoms with Gasteiger partial charge in [-0.05, 0) is 18.2 Å². The molecule has 0 radical (unpaired) electrons. The van der Waals surface area contributed by atoms with E-state index in [0.717, 1.165) is 0 Å². The summed E-state index contributed by atoms with van der Waals surface area (Å²) >= 11 is 7.07. The van der Waals surface area contributed by atoms with E-state index in [1.54, 1.807) is 24.3 Å². The molecule has 0 aromatic heterocycles. The first kappa shape index (κ1) is 17.6. The molecule has 1 aliphatic rings. The fourth-order valence-electron chi connectivity index (χ4n) is 2.13. The van der Waals surface area contributed by atoms with E-state index in [1.165, 1.54) is 11.8 Å². The number of anilines is 1. The van der Waals surface area contributed by atoms with Crippen LogP contribution in [0.1, 0.15) is 12.8 Å². The molecule has 0 saturated carbocycles. The quantitative estimate of drug-likeness (QED) is 0.597. The van der Waals surface area contributed by atoms with Gasteiger partial charge in [-0.2, -0.15) is 0 Å². The van der Waals surface area contributed by atoms with Gasteiger partial charge in [0.1, 0.15) is 5.50 Å². The number of rotatable bonds is 6. The standard InChI is InChI=1S/C14H17ClN4O3S/c15-8-2-1-3-9(4-8)17-13(22)7-23-14-18-10(5-11(16)20)6-12(21)19-14/h1-4,10,14,18H,5-7H2,(H2,16,20)(H,17,22)(H,19,21). The van der Waals surface area contributed by atoms with Crippen molar-refractivity contribution in [3.63, 3.8) is 0 Å². The molecular formula is C14H17ClN4O3S. The number of carbonyl (C=O) groups is 3. The molecule has 5 N–H and O–H groups in total. The fourth-order valence-corrected chi connectivity index (χ4v) is 3.21. The number of halogens is 1. The minimum Gasteiger partial charge on any atom is -0.370 e. The summed E-state index contributed by atoms with van der Waals surface area (Å²) in [6.07, 6.45) is 0.272. The van der Waals surface area contributed by atoms with Gasteiger partial charge in [0.2, 0.25) is 17.7 Å². The van der Waals surface area contributed by atoms with Crippen molar-refractivity contribution in [1.29, 1.82) is 0 Å². The third-order valence-electron chi connectivity index (χ3n) is 3.05. The van der Waals surface area contributed by atoms with Gasteiger partial charge in [-0.15, -0.1) is 11.8 Å². The molecular weight excluding hydrogens is 340 g/mol. The highest BCUT2D eigenvalue weighted by molar-refractivity contribution is 8.00. The third kappa shape index (κ3) is 6.09. The second-order valence-corrected chi connectivity index (χ2v) is 6.59. The van der Waals surface area contributed by atoms with Crippen molar-refractivity contribution in [2.75, 3.05) is 11.1 Å². The molecule has 2 rings (SSSR count). The molecule has 23 heavy (non-hydrogen) atoms. The predicted molar refractivity (Wildman–Crippen MR) is 89.8 cm³/mol. The van der Waals surface area contributed by atoms with Crippen LogP contribution in [-0.4, -0.2) is 35.0 Å². The molecule has 3 amide bonds. The summed E-state index contributed by atoms with van der Waals surface area (Å²) in [5.74, 6) is -0.735. The van der Waals surface area contributed by atoms with Gasteiger partial charge in [0.05, 0.1) is 5.75 Å². The Morgan fingerprint density at radius 2 is 2.22 bits per heavy atom. The lowest BCUT2D eigenvalue weighted by molar-refractivity contribution is -0.124. The molecule has 1 aromatic carbocycles. The van der Waals surface area contributed by atoms with E-state index < -0.39 is 11.4 Å². The van der Waals surface area contributed by atoms with Crippen LogP contribution in [0.2, 0.25) is 5.02 Å². The van der Waals surface area contributed by atoms with Crippen molar-refractivity contribution in [2.45, 2.75) is 24.4 Å². The van der Waals surface area contributed by atoms with Gasteiger partial charge >= 0.3 is 0 Å². The number of hydrogen-bond donors (Lipinski definition) is 4. The van der Waals surface area contributed by atoms with E-state index in [1.807, 2.05) is 0 Å². The van der Waals surface area contributed by atoms with E-state index in [2.05, 4.69) is 16.0 Å². The van der Waals surface area contributed by atoms with E-state index in [0.29, 0.717) is 10.7 Å². The zero-order valence-corrected chi connectivity index (χ0v) is 13.7. The number of carbonyl (C=O) groups excluding carboxylic acids is 3. The highest BCUT2D eigenvalue weighted by Gasteiger charge is 2.27. The van der Waals surface area contributed by atoms with Crippen molar-refractivity contribution in [3.8, 4) is 0 Å². The van der Waals surface area contributed by atoms with Crippen LogP contribution in [0, 0.1) is 0 Å². The molecule has 2 unspecified atom stereocenters. The van der Waals surface area contributed by atoms with Crippen LogP contribution >= 0.6 is 23.4 Å². The fraction of sp³-hybridized carbons (Fsp3) is 0.357. The monoisotopic (exact) mass is 356 g/mol. The first-order chi connectivity index (χ1) is 10.9. The Morgan fingerprint density at radius 3 is 2.91 bits per heavy atom. The Labute approximate surface area is 142 Å². The average molecular weight is 357 g/mol. The highest BCUT2D eigenvalue weighted by Crippen LogP contribution is 2.17. The lowest BCUT2D eigenvalue weighted by Gasteiger charge is -2.30. The summed E-state index contributed by atoms with van der Waals surface area (Å²) in [6.45, 7) is 0. The molecule has 1 fully saturated rings. The number of benzene rings is 1. The van der Waals surface area contributed by atoms with Gasteiger partial charge in [-0.1, -0.05) is 17.7 Å². The minimum absolute atomic E-state index is 0.0825. The molecule has 124 valence electrons. The third-order valence-corrected chi connectivity index (χ3v) is 4.30. The normalized spacial score (nSPS) is 20.7. The summed E-state index contributed by atoms with van der Waals surface area (Å²) < 4.78 is 0. The van der Waals surface area contributed by atoms with Gasteiger partial charge in [0.15, 0.2) is 0 Å². The summed E-state index contributed by atoms with van der Waals surface area (Å²) in [7, 11) is 0. The first-order valence-corrected chi connectivity index (χ1v) is 8.36. The van der Waals surface area contributed by atoms with Crippen molar-refractivity contribution < 1.29 is 14.4 Å². The number of thioether (sulfide) groups is 1. The SMILES string of the molecule is NC(=O)CC1CC(=O)NC(SCC(=O)Nc2cccc(Cl)c2)N1. The van der Waals surface area contributed by atoms with E-state index in [-0.39, 0.29) is 36.5 Å². The molecule has 0 bridgehead atoms. The van der Waals surface area contributed by atoms with E-state index >= 15 is 0 Å². The topological polar surface area (TPSA) is 113 Å². The maximum absolute atomic E-state index is 11.9. The van der Waals surface area contributed by atoms with Gasteiger partial charge in [-0.3, -0.25) is 19.7 Å². The lowest BCUT2D eigenvalue weighted by atomic mass is 10.1. The molecule has 1 aliphatic heterocycles. The average Bonchev–Trinajstić information content (AvgIpc) is 2.44. The minimum atomic E-state index is -0.473. The number of hydrogen-bond acceptors (Lipinski definition) is 5. The predicted octanol–water partition coefficient (Wildman–Crippen LogP) is 0.649. The highest BCUT2D eigenvalue weighted by atomic mass is 35.5. The van der Waals surface area contributed by atoms with Crippen LogP contribution in [0.15, 0.2) is 24.3 Å². The largest absolute Gasteiger partial charge is 0.370 e. The summed E-state index contributed by atoms with van der Waals surface area (Å²) in [5, 5.41) is 9.03. The van der Waals surface area contributed by atoms with Gasteiger partial charge in [0.25, 0.3) is 0 Å². The second kappa shape index (κ2) is 8.19. The maximum atomic E-state index is 11.9. The molecule has 1 aromatic rings. The van der Waals surface area contributed by atoms with E-state index in [9.17, 15) is 14.4 Å². The Hall–Kier alpha value is -1.77. The number of primary amides is 1. The summed E-state index contributed by atoms with van der Waals surface area (Å²) in [6, 6.07) is 6.52. The Bertz CT molecular complexity index is 611. The van der Waals surface area contributed by atoms with E-state index in [4.69, 9.17) is 17.3 Å². The smallest absolute Gasteiger partial charge is 0.234 e. The van der Waals surface area contributed by atoms with Crippen LogP contribution in [0.3, 0.4) is 0 Å². The Balaban J connectivity index is 1.81. The summed E-state index contributed by atoms with van der Waals surface area (Å²) in [5.41, 5.74) is 5.31. The molecule has 1 heterocycles. The van der Waals surface area contributed by atoms with Crippen molar-refractivity contribution >= 4 is 46.8 Å². The van der Waals surface area contributed by atoms with Crippen LogP contribution < -0.4 is 21.7 Å². The summed E-state index contributed by atoms with van der Waals surface area (Å²) in [4.78, 5) is 34.5. The first-order valence-electron chi connectivity index (χ1n) is 6.93. The molecule has 0 aliphatic carbocycles. The van der Waals surface area contributed by atoms with Crippen molar-refractivity contribution in [1.82, 2.24) is 10.6 Å². The van der Waals surface area contributed by atoms with Crippen LogP contribution in [0.25, 0.3) is 0 Å². The Morgan fingerprint density at radius 1 is 1.43 bits per heavy atom. The molecule has 0 spiro atoms. The van der Waals surface area contributed by atoms with Gasteiger partial charge < -0.3 is 16.4 Å². The zero-order valence-electron chi connectivity index (χ0n) is 12.2. The van der Waals surface area contributed by atoms with Crippen LogP contribution in [-0.2, 0) is 14.4 Å². The maximum Gasteiger partial charge on any atom is 0.234 e. The lowest BCUT2D eigenvalue weighted by Crippen LogP contribution is -2.55. The van der Waals surface area contributed by atoms with Gasteiger partial charge in [-0.25, -0.2) is 0 Å². The van der Waals surface area contributed by atoms with Crippen LogP contribution in [0.4, 0.5) is 5.69 Å². The zero-order chi connectivity index (χ0) is 16.8. The van der Waals surface area contributed by atoms with Crippen LogP contribution in [0.5, 0.6) is 0 Å². The van der Waals surface area contributed by atoms with Gasteiger partial charge in [0, 0.05) is 29.6 Å². The molecule has 9 heteroatoms. The molecule has 7 nitrogen and oxygen atoms in total.